The third-order valence-electron chi connectivity index (χ3n) is 4.89. The quantitative estimate of drug-likeness (QED) is 0.794. The Morgan fingerprint density at radius 1 is 1.00 bits per heavy atom. The standard InChI is InChI=1S/C19H19N5O/c1-2-13-10-21-19(23-18(13)20-9-1)22-14-3-5-15(6-4-14)24-11-16-7-8-17(12-24)25-16/h1-6,9-10,16-17H,7-8,11-12H2,(H,20,21,22,23). The fraction of sp³-hybridized carbons (Fsp3) is 0.316. The molecule has 2 unspecified atom stereocenters. The highest BCUT2D eigenvalue weighted by Gasteiger charge is 2.33. The molecule has 25 heavy (non-hydrogen) atoms. The summed E-state index contributed by atoms with van der Waals surface area (Å²) in [5.74, 6) is 0.559. The van der Waals surface area contributed by atoms with Crippen molar-refractivity contribution in [3.8, 4) is 0 Å². The van der Waals surface area contributed by atoms with Gasteiger partial charge in [0.2, 0.25) is 5.95 Å². The molecule has 0 saturated carbocycles. The zero-order valence-corrected chi connectivity index (χ0v) is 13.8. The van der Waals surface area contributed by atoms with Gasteiger partial charge in [-0.1, -0.05) is 0 Å². The molecule has 2 bridgehead atoms. The average molecular weight is 333 g/mol. The second-order valence-corrected chi connectivity index (χ2v) is 6.64. The first-order valence-corrected chi connectivity index (χ1v) is 8.69. The summed E-state index contributed by atoms with van der Waals surface area (Å²) < 4.78 is 5.91. The SMILES string of the molecule is c1cnc2nc(Nc3ccc(N4CC5CCC(C4)O5)cc3)ncc2c1. The van der Waals surface area contributed by atoms with Gasteiger partial charge in [-0.15, -0.1) is 0 Å². The van der Waals surface area contributed by atoms with E-state index in [0.717, 1.165) is 24.2 Å². The van der Waals surface area contributed by atoms with Crippen LogP contribution < -0.4 is 10.2 Å². The molecular weight excluding hydrogens is 314 g/mol. The Labute approximate surface area is 145 Å². The molecule has 2 saturated heterocycles. The summed E-state index contributed by atoms with van der Waals surface area (Å²) in [5, 5.41) is 4.19. The lowest BCUT2D eigenvalue weighted by molar-refractivity contribution is 0.0305. The number of nitrogens with one attached hydrogen (secondary N) is 1. The molecule has 0 spiro atoms. The highest BCUT2D eigenvalue weighted by molar-refractivity contribution is 5.74. The maximum atomic E-state index is 5.91. The maximum Gasteiger partial charge on any atom is 0.229 e. The van der Waals surface area contributed by atoms with E-state index in [4.69, 9.17) is 4.74 Å². The molecule has 2 fully saturated rings. The number of hydrogen-bond acceptors (Lipinski definition) is 6. The van der Waals surface area contributed by atoms with Crippen LogP contribution in [-0.2, 0) is 4.74 Å². The van der Waals surface area contributed by atoms with E-state index in [9.17, 15) is 0 Å². The number of nitrogens with zero attached hydrogens (tertiary/aromatic N) is 4. The second kappa shape index (κ2) is 5.97. The molecule has 6 heteroatoms. The van der Waals surface area contributed by atoms with Crippen LogP contribution >= 0.6 is 0 Å². The fourth-order valence-corrected chi connectivity index (χ4v) is 3.63. The Balaban J connectivity index is 1.32. The van der Waals surface area contributed by atoms with Crippen LogP contribution in [0.1, 0.15) is 12.8 Å². The number of morpholine rings is 1. The zero-order chi connectivity index (χ0) is 16.6. The molecule has 0 aliphatic carbocycles. The lowest BCUT2D eigenvalue weighted by Crippen LogP contribution is -2.42. The molecule has 0 amide bonds. The van der Waals surface area contributed by atoms with Crippen LogP contribution in [0, 0.1) is 0 Å². The molecule has 2 aromatic heterocycles. The van der Waals surface area contributed by atoms with Crippen molar-refractivity contribution in [1.82, 2.24) is 15.0 Å². The Kier molecular flexibility index (Phi) is 3.48. The second-order valence-electron chi connectivity index (χ2n) is 6.64. The van der Waals surface area contributed by atoms with Gasteiger partial charge in [0, 0.05) is 42.2 Å². The van der Waals surface area contributed by atoms with Crippen LogP contribution in [0.2, 0.25) is 0 Å². The van der Waals surface area contributed by atoms with E-state index < -0.39 is 0 Å². The summed E-state index contributed by atoms with van der Waals surface area (Å²) in [6, 6.07) is 12.3. The third-order valence-corrected chi connectivity index (χ3v) is 4.89. The molecule has 126 valence electrons. The predicted molar refractivity (Wildman–Crippen MR) is 97.2 cm³/mol. The minimum absolute atomic E-state index is 0.398. The summed E-state index contributed by atoms with van der Waals surface area (Å²) in [4.78, 5) is 15.5. The number of rotatable bonds is 3. The highest BCUT2D eigenvalue weighted by Crippen LogP contribution is 2.30. The van der Waals surface area contributed by atoms with Crippen LogP contribution in [0.5, 0.6) is 0 Å². The summed E-state index contributed by atoms with van der Waals surface area (Å²) in [7, 11) is 0. The number of benzene rings is 1. The van der Waals surface area contributed by atoms with Crippen LogP contribution in [0.15, 0.2) is 48.8 Å². The first-order chi connectivity index (χ1) is 12.3. The van der Waals surface area contributed by atoms with Gasteiger partial charge in [-0.05, 0) is 49.2 Å². The Morgan fingerprint density at radius 3 is 2.60 bits per heavy atom. The van der Waals surface area contributed by atoms with Crippen LogP contribution in [0.25, 0.3) is 11.0 Å². The van der Waals surface area contributed by atoms with Gasteiger partial charge in [0.1, 0.15) is 0 Å². The first kappa shape index (κ1) is 14.6. The largest absolute Gasteiger partial charge is 0.371 e. The van der Waals surface area contributed by atoms with Gasteiger partial charge >= 0.3 is 0 Å². The van der Waals surface area contributed by atoms with Crippen LogP contribution in [-0.4, -0.2) is 40.2 Å². The Morgan fingerprint density at radius 2 is 1.80 bits per heavy atom. The van der Waals surface area contributed by atoms with E-state index in [-0.39, 0.29) is 0 Å². The van der Waals surface area contributed by atoms with Gasteiger partial charge in [0.15, 0.2) is 5.65 Å². The van der Waals surface area contributed by atoms with Gasteiger partial charge in [-0.2, -0.15) is 4.98 Å². The van der Waals surface area contributed by atoms with Gasteiger partial charge in [-0.25, -0.2) is 9.97 Å². The van der Waals surface area contributed by atoms with E-state index in [1.165, 1.54) is 18.5 Å². The molecule has 2 aliphatic heterocycles. The number of fused-ring (bicyclic) bond motifs is 3. The molecule has 3 aromatic rings. The van der Waals surface area contributed by atoms with Gasteiger partial charge in [0.25, 0.3) is 0 Å². The van der Waals surface area contributed by atoms with Gasteiger partial charge in [0.05, 0.1) is 12.2 Å². The number of hydrogen-bond donors (Lipinski definition) is 1. The van der Waals surface area contributed by atoms with Crippen molar-refractivity contribution in [3.63, 3.8) is 0 Å². The minimum atomic E-state index is 0.398. The minimum Gasteiger partial charge on any atom is -0.371 e. The van der Waals surface area contributed by atoms with Crippen molar-refractivity contribution >= 4 is 28.4 Å². The van der Waals surface area contributed by atoms with E-state index in [1.807, 2.05) is 12.1 Å². The van der Waals surface area contributed by atoms with Crippen molar-refractivity contribution in [3.05, 3.63) is 48.8 Å². The molecule has 2 aliphatic rings. The molecule has 2 atom stereocenters. The monoisotopic (exact) mass is 333 g/mol. The summed E-state index contributed by atoms with van der Waals surface area (Å²) in [5.41, 5.74) is 2.91. The van der Waals surface area contributed by atoms with E-state index in [1.54, 1.807) is 12.4 Å². The van der Waals surface area contributed by atoms with Gasteiger partial charge < -0.3 is 15.0 Å². The third kappa shape index (κ3) is 2.89. The summed E-state index contributed by atoms with van der Waals surface area (Å²) in [6.07, 6.45) is 6.70. The molecule has 6 nitrogen and oxygen atoms in total. The number of aromatic nitrogens is 3. The number of pyridine rings is 1. The van der Waals surface area contributed by atoms with Crippen LogP contribution in [0.3, 0.4) is 0 Å². The average Bonchev–Trinajstić information content (AvgIpc) is 3.00. The normalized spacial score (nSPS) is 22.3. The van der Waals surface area contributed by atoms with Crippen molar-refractivity contribution in [2.24, 2.45) is 0 Å². The van der Waals surface area contributed by atoms with E-state index in [0.29, 0.717) is 23.8 Å². The smallest absolute Gasteiger partial charge is 0.229 e. The number of ether oxygens (including phenoxy) is 1. The molecule has 4 heterocycles. The first-order valence-electron chi connectivity index (χ1n) is 8.69. The zero-order valence-electron chi connectivity index (χ0n) is 13.8. The van der Waals surface area contributed by atoms with Crippen molar-refractivity contribution < 1.29 is 4.74 Å². The number of anilines is 3. The van der Waals surface area contributed by atoms with E-state index in [2.05, 4.69) is 49.4 Å². The van der Waals surface area contributed by atoms with Crippen molar-refractivity contribution in [2.75, 3.05) is 23.3 Å². The molecule has 0 radical (unpaired) electrons. The van der Waals surface area contributed by atoms with Crippen LogP contribution in [0.4, 0.5) is 17.3 Å². The highest BCUT2D eigenvalue weighted by atomic mass is 16.5. The lowest BCUT2D eigenvalue weighted by atomic mass is 10.2. The topological polar surface area (TPSA) is 63.2 Å². The molecule has 5 rings (SSSR count). The maximum absolute atomic E-state index is 5.91. The van der Waals surface area contributed by atoms with E-state index >= 15 is 0 Å². The molecule has 1 N–H and O–H groups in total. The lowest BCUT2D eigenvalue weighted by Gasteiger charge is -2.33. The van der Waals surface area contributed by atoms with Crippen molar-refractivity contribution in [2.45, 2.75) is 25.0 Å². The molecular formula is C19H19N5O. The fourth-order valence-electron chi connectivity index (χ4n) is 3.63. The van der Waals surface area contributed by atoms with Gasteiger partial charge in [-0.3, -0.25) is 0 Å². The Hall–Kier alpha value is -2.73. The summed E-state index contributed by atoms with van der Waals surface area (Å²) >= 11 is 0. The predicted octanol–water partition coefficient (Wildman–Crippen LogP) is 3.14. The van der Waals surface area contributed by atoms with Crippen molar-refractivity contribution in [1.29, 1.82) is 0 Å². The molecule has 1 aromatic carbocycles. The summed E-state index contributed by atoms with van der Waals surface area (Å²) in [6.45, 7) is 1.98. The Bertz CT molecular complexity index is 886.